The Labute approximate surface area is 142 Å². The first-order chi connectivity index (χ1) is 11.6. The summed E-state index contributed by atoms with van der Waals surface area (Å²) in [7, 11) is 0. The highest BCUT2D eigenvalue weighted by atomic mass is 35.5. The number of nitrogens with zero attached hydrogens (tertiary/aromatic N) is 2. The van der Waals surface area contributed by atoms with Gasteiger partial charge in [0, 0.05) is 16.3 Å². The highest BCUT2D eigenvalue weighted by Gasteiger charge is 2.10. The van der Waals surface area contributed by atoms with Crippen LogP contribution in [0.3, 0.4) is 0 Å². The number of halogens is 1. The summed E-state index contributed by atoms with van der Waals surface area (Å²) in [5.41, 5.74) is 2.47. The molecule has 0 aliphatic carbocycles. The van der Waals surface area contributed by atoms with E-state index < -0.39 is 6.03 Å². The van der Waals surface area contributed by atoms with Gasteiger partial charge in [-0.05, 0) is 36.4 Å². The number of hydrogen-bond acceptors (Lipinski definition) is 4. The SMILES string of the molecule is N#Cc1ccc(NC(=O)Nc2nc(-c3ccc(Cl)cc3)co2)cc1. The Kier molecular flexibility index (Phi) is 4.45. The molecule has 3 aromatic rings. The largest absolute Gasteiger partial charge is 0.431 e. The van der Waals surface area contributed by atoms with Gasteiger partial charge in [-0.3, -0.25) is 5.32 Å². The van der Waals surface area contributed by atoms with E-state index in [1.54, 1.807) is 48.5 Å². The third-order valence-electron chi connectivity index (χ3n) is 3.14. The van der Waals surface area contributed by atoms with Gasteiger partial charge >= 0.3 is 12.0 Å². The van der Waals surface area contributed by atoms with Crippen LogP contribution in [0.1, 0.15) is 5.56 Å². The van der Waals surface area contributed by atoms with Crippen molar-refractivity contribution in [1.82, 2.24) is 4.98 Å². The number of carbonyl (C=O) groups excluding carboxylic acids is 1. The Hall–Kier alpha value is -3.30. The minimum absolute atomic E-state index is 0.0751. The Morgan fingerprint density at radius 1 is 1.08 bits per heavy atom. The molecule has 0 radical (unpaired) electrons. The van der Waals surface area contributed by atoms with E-state index in [0.29, 0.717) is 22.0 Å². The van der Waals surface area contributed by atoms with Gasteiger partial charge in [-0.1, -0.05) is 23.7 Å². The Morgan fingerprint density at radius 2 is 1.79 bits per heavy atom. The van der Waals surface area contributed by atoms with Crippen LogP contribution in [0, 0.1) is 11.3 Å². The van der Waals surface area contributed by atoms with Crippen molar-refractivity contribution in [3.05, 3.63) is 65.4 Å². The molecule has 0 spiro atoms. The molecule has 0 saturated heterocycles. The predicted molar refractivity (Wildman–Crippen MR) is 90.7 cm³/mol. The van der Waals surface area contributed by atoms with Crippen molar-refractivity contribution in [3.8, 4) is 17.3 Å². The van der Waals surface area contributed by atoms with Crippen LogP contribution in [0.2, 0.25) is 5.02 Å². The molecule has 0 aliphatic heterocycles. The third-order valence-corrected chi connectivity index (χ3v) is 3.39. The number of oxazole rings is 1. The first kappa shape index (κ1) is 15.6. The molecule has 1 heterocycles. The van der Waals surface area contributed by atoms with E-state index in [-0.39, 0.29) is 6.01 Å². The van der Waals surface area contributed by atoms with Crippen molar-refractivity contribution in [2.75, 3.05) is 10.6 Å². The number of nitriles is 1. The number of rotatable bonds is 3. The summed E-state index contributed by atoms with van der Waals surface area (Å²) in [6.07, 6.45) is 1.45. The molecule has 2 aromatic carbocycles. The van der Waals surface area contributed by atoms with Gasteiger partial charge in [0.15, 0.2) is 0 Å². The van der Waals surface area contributed by atoms with Crippen LogP contribution in [-0.4, -0.2) is 11.0 Å². The first-order valence-electron chi connectivity index (χ1n) is 6.94. The molecular weight excluding hydrogens is 328 g/mol. The number of urea groups is 1. The molecule has 0 unspecified atom stereocenters. The lowest BCUT2D eigenvalue weighted by Gasteiger charge is -2.04. The summed E-state index contributed by atoms with van der Waals surface area (Å²) in [4.78, 5) is 16.1. The molecule has 24 heavy (non-hydrogen) atoms. The standard InChI is InChI=1S/C17H11ClN4O2/c18-13-5-3-12(4-6-13)15-10-24-17(21-15)22-16(23)20-14-7-1-11(9-19)2-8-14/h1-8,10H,(H2,20,21,22,23). The van der Waals surface area contributed by atoms with Crippen LogP contribution in [0.25, 0.3) is 11.3 Å². The number of anilines is 2. The van der Waals surface area contributed by atoms with Crippen molar-refractivity contribution in [3.63, 3.8) is 0 Å². The van der Waals surface area contributed by atoms with Gasteiger partial charge in [-0.2, -0.15) is 10.2 Å². The van der Waals surface area contributed by atoms with Crippen molar-refractivity contribution < 1.29 is 9.21 Å². The molecule has 0 fully saturated rings. The van der Waals surface area contributed by atoms with E-state index in [4.69, 9.17) is 21.3 Å². The molecular formula is C17H11ClN4O2. The molecule has 3 rings (SSSR count). The fourth-order valence-corrected chi connectivity index (χ4v) is 2.10. The third kappa shape index (κ3) is 3.72. The molecule has 2 amide bonds. The number of aromatic nitrogens is 1. The van der Waals surface area contributed by atoms with Gasteiger partial charge in [0.25, 0.3) is 0 Å². The van der Waals surface area contributed by atoms with Crippen LogP contribution in [0.15, 0.2) is 59.2 Å². The Balaban J connectivity index is 1.64. The van der Waals surface area contributed by atoms with Crippen LogP contribution in [-0.2, 0) is 0 Å². The number of hydrogen-bond donors (Lipinski definition) is 2. The molecule has 0 aliphatic rings. The van der Waals surface area contributed by atoms with Gasteiger partial charge in [-0.25, -0.2) is 4.79 Å². The molecule has 7 heteroatoms. The summed E-state index contributed by atoms with van der Waals surface area (Å²) < 4.78 is 5.24. The summed E-state index contributed by atoms with van der Waals surface area (Å²) in [6, 6.07) is 15.2. The van der Waals surface area contributed by atoms with E-state index in [1.807, 2.05) is 6.07 Å². The number of amides is 2. The fourth-order valence-electron chi connectivity index (χ4n) is 1.97. The average Bonchev–Trinajstić information content (AvgIpc) is 3.04. The van der Waals surface area contributed by atoms with Crippen molar-refractivity contribution >= 4 is 29.3 Å². The lowest BCUT2D eigenvalue weighted by atomic mass is 10.2. The lowest BCUT2D eigenvalue weighted by Crippen LogP contribution is -2.19. The van der Waals surface area contributed by atoms with Gasteiger partial charge in [-0.15, -0.1) is 0 Å². The maximum absolute atomic E-state index is 11.9. The summed E-state index contributed by atoms with van der Waals surface area (Å²) >= 11 is 5.84. The smallest absolute Gasteiger partial charge is 0.327 e. The molecule has 0 bridgehead atoms. The second-order valence-electron chi connectivity index (χ2n) is 4.81. The monoisotopic (exact) mass is 338 g/mol. The summed E-state index contributed by atoms with van der Waals surface area (Å²) in [5.74, 6) is 0. The highest BCUT2D eigenvalue weighted by molar-refractivity contribution is 6.30. The fraction of sp³-hybridized carbons (Fsp3) is 0. The van der Waals surface area contributed by atoms with Gasteiger partial charge in [0.05, 0.1) is 11.6 Å². The van der Waals surface area contributed by atoms with E-state index >= 15 is 0 Å². The van der Waals surface area contributed by atoms with Crippen molar-refractivity contribution in [1.29, 1.82) is 5.26 Å². The van der Waals surface area contributed by atoms with Crippen molar-refractivity contribution in [2.45, 2.75) is 0 Å². The zero-order valence-corrected chi connectivity index (χ0v) is 13.0. The Bertz CT molecular complexity index is 896. The van der Waals surface area contributed by atoms with Crippen LogP contribution in [0.5, 0.6) is 0 Å². The van der Waals surface area contributed by atoms with Gasteiger partial charge < -0.3 is 9.73 Å². The van der Waals surface area contributed by atoms with E-state index in [2.05, 4.69) is 15.6 Å². The maximum Gasteiger partial charge on any atom is 0.327 e. The van der Waals surface area contributed by atoms with E-state index in [1.165, 1.54) is 6.26 Å². The molecule has 0 saturated carbocycles. The molecule has 0 atom stereocenters. The highest BCUT2D eigenvalue weighted by Crippen LogP contribution is 2.22. The molecule has 1 aromatic heterocycles. The minimum atomic E-state index is -0.496. The number of benzene rings is 2. The van der Waals surface area contributed by atoms with Gasteiger partial charge in [0.1, 0.15) is 12.0 Å². The lowest BCUT2D eigenvalue weighted by molar-refractivity contribution is 0.261. The molecule has 6 nitrogen and oxygen atoms in total. The maximum atomic E-state index is 11.9. The summed E-state index contributed by atoms with van der Waals surface area (Å²) in [6.45, 7) is 0. The second-order valence-corrected chi connectivity index (χ2v) is 5.25. The Morgan fingerprint density at radius 3 is 2.46 bits per heavy atom. The first-order valence-corrected chi connectivity index (χ1v) is 7.31. The van der Waals surface area contributed by atoms with Gasteiger partial charge in [0.2, 0.25) is 0 Å². The molecule has 118 valence electrons. The predicted octanol–water partition coefficient (Wildman–Crippen LogP) is 4.51. The second kappa shape index (κ2) is 6.86. The van der Waals surface area contributed by atoms with Crippen LogP contribution < -0.4 is 10.6 Å². The van der Waals surface area contributed by atoms with E-state index in [0.717, 1.165) is 5.56 Å². The average molecular weight is 339 g/mol. The zero-order chi connectivity index (χ0) is 16.9. The number of nitrogens with one attached hydrogen (secondary N) is 2. The zero-order valence-electron chi connectivity index (χ0n) is 12.3. The minimum Gasteiger partial charge on any atom is -0.431 e. The summed E-state index contributed by atoms with van der Waals surface area (Å²) in [5, 5.41) is 14.5. The quantitative estimate of drug-likeness (QED) is 0.735. The van der Waals surface area contributed by atoms with Crippen LogP contribution in [0.4, 0.5) is 16.5 Å². The number of carbonyl (C=O) groups is 1. The van der Waals surface area contributed by atoms with Crippen LogP contribution >= 0.6 is 11.6 Å². The molecule has 2 N–H and O–H groups in total. The normalized spacial score (nSPS) is 10.0. The van der Waals surface area contributed by atoms with Crippen molar-refractivity contribution in [2.24, 2.45) is 0 Å². The topological polar surface area (TPSA) is 91.0 Å². The van der Waals surface area contributed by atoms with E-state index in [9.17, 15) is 4.79 Å².